The molecule has 2 rings (SSSR count). The molecule has 0 amide bonds. The Labute approximate surface area is 119 Å². The summed E-state index contributed by atoms with van der Waals surface area (Å²) in [7, 11) is 0. The number of carboxylic acids is 1. The average molecular weight is 350 g/mol. The highest BCUT2D eigenvalue weighted by Gasteiger charge is 2.41. The number of aromatic nitrogens is 1. The van der Waals surface area contributed by atoms with Crippen molar-refractivity contribution >= 4 is 21.9 Å². The summed E-state index contributed by atoms with van der Waals surface area (Å²) in [4.78, 5) is 14.1. The lowest BCUT2D eigenvalue weighted by molar-refractivity contribution is -0.141. The molecule has 8 heteroatoms. The van der Waals surface area contributed by atoms with Crippen molar-refractivity contribution in [3.63, 3.8) is 0 Å². The van der Waals surface area contributed by atoms with Gasteiger partial charge in [0.05, 0.1) is 0 Å². The average Bonchev–Trinajstić information content (AvgIpc) is 2.71. The number of carbonyl (C=O) groups is 1. The van der Waals surface area contributed by atoms with Gasteiger partial charge in [-0.2, -0.15) is 13.2 Å². The lowest BCUT2D eigenvalue weighted by Gasteiger charge is -2.01. The van der Waals surface area contributed by atoms with Crippen molar-refractivity contribution in [2.24, 2.45) is 0 Å². The molecule has 0 unspecified atom stereocenters. The summed E-state index contributed by atoms with van der Waals surface area (Å²) in [6.45, 7) is 1.74. The highest BCUT2D eigenvalue weighted by Crippen LogP contribution is 2.35. The third-order valence-electron chi connectivity index (χ3n) is 2.38. The maximum Gasteiger partial charge on any atom is 0.437 e. The summed E-state index contributed by atoms with van der Waals surface area (Å²) in [6, 6.07) is 4.78. The van der Waals surface area contributed by atoms with Gasteiger partial charge < -0.3 is 9.52 Å². The van der Waals surface area contributed by atoms with Crippen LogP contribution >= 0.6 is 15.9 Å². The Kier molecular flexibility index (Phi) is 3.59. The van der Waals surface area contributed by atoms with E-state index < -0.39 is 23.6 Å². The molecule has 106 valence electrons. The molecule has 0 aliphatic heterocycles. The summed E-state index contributed by atoms with van der Waals surface area (Å²) in [5, 5.41) is 8.76. The van der Waals surface area contributed by atoms with Crippen LogP contribution in [0.4, 0.5) is 13.2 Å². The molecule has 20 heavy (non-hydrogen) atoms. The van der Waals surface area contributed by atoms with Gasteiger partial charge in [0.1, 0.15) is 0 Å². The zero-order chi connectivity index (χ0) is 15.1. The van der Waals surface area contributed by atoms with Crippen LogP contribution in [-0.4, -0.2) is 16.1 Å². The number of carboxylic acid groups (broad SMARTS) is 1. The van der Waals surface area contributed by atoms with Gasteiger partial charge in [0.2, 0.25) is 11.7 Å². The van der Waals surface area contributed by atoms with E-state index in [1.165, 1.54) is 6.07 Å². The van der Waals surface area contributed by atoms with Crippen LogP contribution in [-0.2, 0) is 6.18 Å². The van der Waals surface area contributed by atoms with Crippen molar-refractivity contribution in [1.29, 1.82) is 0 Å². The van der Waals surface area contributed by atoms with Crippen LogP contribution in [0.5, 0.6) is 0 Å². The fraction of sp³-hybridized carbons (Fsp3) is 0.167. The van der Waals surface area contributed by atoms with Crippen molar-refractivity contribution in [3.05, 3.63) is 39.7 Å². The molecule has 0 atom stereocenters. The Hall–Kier alpha value is -1.83. The molecule has 0 fully saturated rings. The Morgan fingerprint density at radius 1 is 1.35 bits per heavy atom. The smallest absolute Gasteiger partial charge is 0.437 e. The molecule has 4 nitrogen and oxygen atoms in total. The van der Waals surface area contributed by atoms with E-state index in [4.69, 9.17) is 9.52 Å². The lowest BCUT2D eigenvalue weighted by Crippen LogP contribution is -2.11. The SMILES string of the molecule is Cc1cc(Br)cc(-c2nc(C(F)(F)F)c(C(=O)O)o2)c1. The summed E-state index contributed by atoms with van der Waals surface area (Å²) in [5.41, 5.74) is -0.523. The Bertz CT molecular complexity index is 659. The first-order valence-electron chi connectivity index (χ1n) is 5.27. The minimum absolute atomic E-state index is 0.259. The number of halogens is 4. The van der Waals surface area contributed by atoms with E-state index in [2.05, 4.69) is 20.9 Å². The van der Waals surface area contributed by atoms with Crippen LogP contribution in [0, 0.1) is 6.92 Å². The number of hydrogen-bond acceptors (Lipinski definition) is 3. The summed E-state index contributed by atoms with van der Waals surface area (Å²) in [6.07, 6.45) is -4.89. The standard InChI is InChI=1S/C12H7BrF3NO3/c1-5-2-6(4-7(13)3-5)10-17-9(12(14,15)16)8(20-10)11(18)19/h2-4H,1H3,(H,18,19). The van der Waals surface area contributed by atoms with Gasteiger partial charge in [-0.15, -0.1) is 0 Å². The summed E-state index contributed by atoms with van der Waals surface area (Å²) in [5.74, 6) is -3.42. The van der Waals surface area contributed by atoms with Crippen LogP contribution in [0.1, 0.15) is 21.8 Å². The zero-order valence-corrected chi connectivity index (χ0v) is 11.5. The molecule has 0 aliphatic rings. The molecule has 1 heterocycles. The van der Waals surface area contributed by atoms with E-state index in [0.29, 0.717) is 4.47 Å². The van der Waals surface area contributed by atoms with Crippen LogP contribution in [0.2, 0.25) is 0 Å². The molecule has 0 saturated carbocycles. The van der Waals surface area contributed by atoms with E-state index in [0.717, 1.165) is 5.56 Å². The van der Waals surface area contributed by atoms with E-state index in [1.807, 2.05) is 0 Å². The highest BCUT2D eigenvalue weighted by molar-refractivity contribution is 9.10. The zero-order valence-electron chi connectivity index (χ0n) is 9.95. The second-order valence-corrected chi connectivity index (χ2v) is 4.93. The predicted octanol–water partition coefficient (Wildman–Crippen LogP) is 4.13. The van der Waals surface area contributed by atoms with Crippen LogP contribution < -0.4 is 0 Å². The normalized spacial score (nSPS) is 11.7. The van der Waals surface area contributed by atoms with Crippen molar-refractivity contribution in [2.75, 3.05) is 0 Å². The third-order valence-corrected chi connectivity index (χ3v) is 2.84. The number of alkyl halides is 3. The van der Waals surface area contributed by atoms with Gasteiger partial charge in [-0.1, -0.05) is 15.9 Å². The number of aryl methyl sites for hydroxylation is 1. The maximum atomic E-state index is 12.7. The highest BCUT2D eigenvalue weighted by atomic mass is 79.9. The first-order valence-corrected chi connectivity index (χ1v) is 6.06. The minimum atomic E-state index is -4.89. The van der Waals surface area contributed by atoms with Gasteiger partial charge in [0.25, 0.3) is 0 Å². The van der Waals surface area contributed by atoms with Crippen molar-refractivity contribution in [3.8, 4) is 11.5 Å². The molecule has 0 saturated heterocycles. The van der Waals surface area contributed by atoms with Crippen molar-refractivity contribution < 1.29 is 27.5 Å². The van der Waals surface area contributed by atoms with Gasteiger partial charge >= 0.3 is 12.1 Å². The molecule has 0 bridgehead atoms. The summed E-state index contributed by atoms with van der Waals surface area (Å²) < 4.78 is 43.5. The van der Waals surface area contributed by atoms with E-state index >= 15 is 0 Å². The number of rotatable bonds is 2. The Balaban J connectivity index is 2.62. The first kappa shape index (κ1) is 14.6. The predicted molar refractivity (Wildman–Crippen MR) is 66.3 cm³/mol. The first-order chi connectivity index (χ1) is 9.18. The van der Waals surface area contributed by atoms with Crippen LogP contribution in [0.15, 0.2) is 27.1 Å². The Morgan fingerprint density at radius 2 is 2.00 bits per heavy atom. The molecule has 1 aromatic heterocycles. The minimum Gasteiger partial charge on any atom is -0.475 e. The van der Waals surface area contributed by atoms with Crippen LogP contribution in [0.3, 0.4) is 0 Å². The fourth-order valence-corrected chi connectivity index (χ4v) is 2.25. The third kappa shape index (κ3) is 2.84. The van der Waals surface area contributed by atoms with Gasteiger partial charge in [0, 0.05) is 10.0 Å². The molecule has 0 spiro atoms. The quantitative estimate of drug-likeness (QED) is 0.885. The van der Waals surface area contributed by atoms with Crippen molar-refractivity contribution in [2.45, 2.75) is 13.1 Å². The van der Waals surface area contributed by atoms with Crippen LogP contribution in [0.25, 0.3) is 11.5 Å². The second-order valence-electron chi connectivity index (χ2n) is 4.02. The maximum absolute atomic E-state index is 12.7. The summed E-state index contributed by atoms with van der Waals surface area (Å²) >= 11 is 3.20. The molecular weight excluding hydrogens is 343 g/mol. The van der Waals surface area contributed by atoms with E-state index in [-0.39, 0.29) is 11.5 Å². The van der Waals surface area contributed by atoms with E-state index in [1.54, 1.807) is 19.1 Å². The topological polar surface area (TPSA) is 63.3 Å². The van der Waals surface area contributed by atoms with Gasteiger partial charge in [-0.05, 0) is 30.7 Å². The largest absolute Gasteiger partial charge is 0.475 e. The number of oxazole rings is 1. The van der Waals surface area contributed by atoms with Gasteiger partial charge in [-0.25, -0.2) is 9.78 Å². The fourth-order valence-electron chi connectivity index (χ4n) is 1.64. The molecular formula is C12H7BrF3NO3. The molecule has 0 radical (unpaired) electrons. The Morgan fingerprint density at radius 3 is 2.45 bits per heavy atom. The molecule has 0 aliphatic carbocycles. The van der Waals surface area contributed by atoms with E-state index in [9.17, 15) is 18.0 Å². The number of nitrogens with zero attached hydrogens (tertiary/aromatic N) is 1. The van der Waals surface area contributed by atoms with Crippen molar-refractivity contribution in [1.82, 2.24) is 4.98 Å². The lowest BCUT2D eigenvalue weighted by atomic mass is 10.1. The number of benzene rings is 1. The van der Waals surface area contributed by atoms with Gasteiger partial charge in [-0.3, -0.25) is 0 Å². The van der Waals surface area contributed by atoms with Gasteiger partial charge in [0.15, 0.2) is 5.69 Å². The molecule has 2 aromatic rings. The number of hydrogen-bond donors (Lipinski definition) is 1. The molecule has 1 N–H and O–H groups in total. The molecule has 1 aromatic carbocycles. The second kappa shape index (κ2) is 4.93. The monoisotopic (exact) mass is 349 g/mol. The number of aromatic carboxylic acids is 1.